The number of carbonyl (C=O) groups is 1. The maximum atomic E-state index is 12.9. The van der Waals surface area contributed by atoms with Crippen LogP contribution in [0.2, 0.25) is 10.0 Å². The van der Waals surface area contributed by atoms with E-state index in [0.29, 0.717) is 10.9 Å². The first-order valence-electron chi connectivity index (χ1n) is 8.90. The molecule has 2 aromatic carbocycles. The second-order valence-electron chi connectivity index (χ2n) is 6.60. The first kappa shape index (κ1) is 22.5. The molecule has 0 spiro atoms. The van der Waals surface area contributed by atoms with Crippen molar-refractivity contribution >= 4 is 67.8 Å². The molecule has 0 aliphatic rings. The minimum Gasteiger partial charge on any atom is -0.382 e. The van der Waals surface area contributed by atoms with Gasteiger partial charge in [-0.15, -0.1) is 0 Å². The van der Waals surface area contributed by atoms with Gasteiger partial charge in [0.05, 0.1) is 26.4 Å². The summed E-state index contributed by atoms with van der Waals surface area (Å²) in [6.45, 7) is 3.95. The Morgan fingerprint density at radius 3 is 2.40 bits per heavy atom. The maximum absolute atomic E-state index is 12.9. The topological polar surface area (TPSA) is 85.1 Å². The van der Waals surface area contributed by atoms with Crippen LogP contribution in [0.25, 0.3) is 0 Å². The Bertz CT molecular complexity index is 1120. The van der Waals surface area contributed by atoms with Gasteiger partial charge in [0, 0.05) is 16.3 Å². The molecule has 5 nitrogen and oxygen atoms in total. The fraction of sp³-hybridized carbons (Fsp3) is 0.143. The Balaban J connectivity index is 1.77. The lowest BCUT2D eigenvalue weighted by Gasteiger charge is -2.05. The van der Waals surface area contributed by atoms with Gasteiger partial charge in [0.1, 0.15) is 10.7 Å². The third-order valence-corrected chi connectivity index (χ3v) is 6.94. The molecule has 1 unspecified atom stereocenters. The minimum absolute atomic E-state index is 0.0999. The van der Waals surface area contributed by atoms with Gasteiger partial charge in [0.2, 0.25) is 5.78 Å². The van der Waals surface area contributed by atoms with Gasteiger partial charge >= 0.3 is 0 Å². The van der Waals surface area contributed by atoms with E-state index < -0.39 is 10.8 Å². The van der Waals surface area contributed by atoms with Gasteiger partial charge < -0.3 is 11.1 Å². The zero-order valence-corrected chi connectivity index (χ0v) is 19.4. The molecule has 1 atom stereocenters. The number of thiazole rings is 1. The minimum atomic E-state index is -1.10. The number of ketones is 1. The van der Waals surface area contributed by atoms with Crippen LogP contribution in [0, 0.1) is 0 Å². The van der Waals surface area contributed by atoms with Crippen molar-refractivity contribution in [3.63, 3.8) is 0 Å². The number of benzene rings is 2. The third-order valence-electron chi connectivity index (χ3n) is 4.06. The van der Waals surface area contributed by atoms with E-state index >= 15 is 0 Å². The van der Waals surface area contributed by atoms with Crippen LogP contribution < -0.4 is 11.1 Å². The van der Waals surface area contributed by atoms with Crippen molar-refractivity contribution in [2.75, 3.05) is 16.8 Å². The van der Waals surface area contributed by atoms with E-state index in [4.69, 9.17) is 28.9 Å². The van der Waals surface area contributed by atoms with Gasteiger partial charge in [0.25, 0.3) is 0 Å². The largest absolute Gasteiger partial charge is 0.382 e. The number of carbonyl (C=O) groups excluding carboxylic acids is 1. The van der Waals surface area contributed by atoms with Crippen LogP contribution >= 0.6 is 34.5 Å². The van der Waals surface area contributed by atoms with E-state index in [2.05, 4.69) is 10.3 Å². The van der Waals surface area contributed by atoms with E-state index in [1.807, 2.05) is 19.9 Å². The maximum Gasteiger partial charge on any atom is 0.209 e. The molecule has 9 heteroatoms. The molecule has 0 aliphatic carbocycles. The van der Waals surface area contributed by atoms with Gasteiger partial charge in [-0.3, -0.25) is 9.00 Å². The highest BCUT2D eigenvalue weighted by molar-refractivity contribution is 7.85. The van der Waals surface area contributed by atoms with E-state index in [1.165, 1.54) is 0 Å². The second-order valence-corrected chi connectivity index (χ2v) is 9.91. The van der Waals surface area contributed by atoms with Crippen LogP contribution in [0.4, 0.5) is 16.6 Å². The summed E-state index contributed by atoms with van der Waals surface area (Å²) in [7, 11) is -1.10. The first-order chi connectivity index (χ1) is 14.3. The number of halogens is 2. The molecule has 3 aromatic rings. The number of nitrogens with two attached hydrogens (primary N) is 1. The predicted octanol–water partition coefficient (Wildman–Crippen LogP) is 6.08. The Morgan fingerprint density at radius 2 is 1.80 bits per heavy atom. The summed E-state index contributed by atoms with van der Waals surface area (Å²) in [5.41, 5.74) is 8.03. The summed E-state index contributed by atoms with van der Waals surface area (Å²) in [6, 6.07) is 12.1. The molecule has 30 heavy (non-hydrogen) atoms. The molecule has 0 saturated carbocycles. The average Bonchev–Trinajstić information content (AvgIpc) is 3.06. The molecule has 0 bridgehead atoms. The molecule has 3 rings (SSSR count). The highest BCUT2D eigenvalue weighted by Crippen LogP contribution is 2.34. The van der Waals surface area contributed by atoms with Crippen LogP contribution in [0.15, 0.2) is 59.0 Å². The zero-order chi connectivity index (χ0) is 21.8. The Labute approximate surface area is 191 Å². The summed E-state index contributed by atoms with van der Waals surface area (Å²) in [5.74, 6) is 0.204. The van der Waals surface area contributed by atoms with Crippen molar-refractivity contribution in [2.45, 2.75) is 18.7 Å². The molecule has 0 aliphatic heterocycles. The van der Waals surface area contributed by atoms with Crippen molar-refractivity contribution in [3.8, 4) is 0 Å². The van der Waals surface area contributed by atoms with Crippen molar-refractivity contribution in [2.24, 2.45) is 0 Å². The normalized spacial score (nSPS) is 11.7. The number of rotatable bonds is 7. The lowest BCUT2D eigenvalue weighted by atomic mass is 10.1. The average molecular weight is 480 g/mol. The Kier molecular flexibility index (Phi) is 7.31. The number of nitrogens with one attached hydrogen (secondary N) is 1. The van der Waals surface area contributed by atoms with Crippen molar-refractivity contribution < 1.29 is 9.00 Å². The molecule has 0 saturated heterocycles. The highest BCUT2D eigenvalue weighted by atomic mass is 35.5. The van der Waals surface area contributed by atoms with Crippen LogP contribution in [0.1, 0.15) is 29.1 Å². The number of aromatic nitrogens is 1. The molecule has 0 radical (unpaired) electrons. The van der Waals surface area contributed by atoms with Crippen LogP contribution in [0.3, 0.4) is 0 Å². The van der Waals surface area contributed by atoms with E-state index in [9.17, 15) is 9.00 Å². The molecule has 1 heterocycles. The zero-order valence-electron chi connectivity index (χ0n) is 16.2. The summed E-state index contributed by atoms with van der Waals surface area (Å²) >= 11 is 13.4. The molecule has 0 fully saturated rings. The van der Waals surface area contributed by atoms with Gasteiger partial charge in [-0.25, -0.2) is 4.98 Å². The number of nitrogen functional groups attached to an aromatic ring is 1. The molecule has 156 valence electrons. The van der Waals surface area contributed by atoms with Crippen molar-refractivity contribution in [1.29, 1.82) is 0 Å². The standard InChI is InChI=1S/C21H19Cl2N3O2S2/c1-12(2)10-11-30(28)14-8-6-13(7-9-14)25-21-26-20(24)19(29-21)18(27)17-15(22)4-3-5-16(17)23/h3-10H,11,24H2,1-2H3,(H,25,26). The smallest absolute Gasteiger partial charge is 0.209 e. The third kappa shape index (κ3) is 5.29. The van der Waals surface area contributed by atoms with Crippen LogP contribution in [-0.2, 0) is 10.8 Å². The lowest BCUT2D eigenvalue weighted by Crippen LogP contribution is -2.04. The molecule has 0 amide bonds. The summed E-state index contributed by atoms with van der Waals surface area (Å²) in [6.07, 6.45) is 1.95. The molecule has 3 N–H and O–H groups in total. The van der Waals surface area contributed by atoms with Gasteiger partial charge in [-0.1, -0.05) is 52.3 Å². The monoisotopic (exact) mass is 479 g/mol. The van der Waals surface area contributed by atoms with Gasteiger partial charge in [-0.2, -0.15) is 0 Å². The SMILES string of the molecule is CC(C)=CCS(=O)c1ccc(Nc2nc(N)c(C(=O)c3c(Cl)cccc3Cl)s2)cc1. The number of nitrogens with zero attached hydrogens (tertiary/aromatic N) is 1. The van der Waals surface area contributed by atoms with Gasteiger partial charge in [0.15, 0.2) is 5.13 Å². The van der Waals surface area contributed by atoms with Crippen molar-refractivity contribution in [3.05, 3.63) is 74.6 Å². The number of hydrogen-bond acceptors (Lipinski definition) is 6. The lowest BCUT2D eigenvalue weighted by molar-refractivity contribution is 0.104. The van der Waals surface area contributed by atoms with E-state index in [1.54, 1.807) is 42.5 Å². The number of hydrogen-bond donors (Lipinski definition) is 2. The number of allylic oxidation sites excluding steroid dienone is 1. The fourth-order valence-electron chi connectivity index (χ4n) is 2.53. The predicted molar refractivity (Wildman–Crippen MR) is 127 cm³/mol. The Hall–Kier alpha value is -2.19. The van der Waals surface area contributed by atoms with Crippen molar-refractivity contribution in [1.82, 2.24) is 4.98 Å². The number of anilines is 3. The second kappa shape index (κ2) is 9.75. The summed E-state index contributed by atoms with van der Waals surface area (Å²) in [5, 5.41) is 4.08. The quantitative estimate of drug-likeness (QED) is 0.316. The summed E-state index contributed by atoms with van der Waals surface area (Å²) in [4.78, 5) is 18.1. The van der Waals surface area contributed by atoms with Gasteiger partial charge in [-0.05, 0) is 50.2 Å². The molecular weight excluding hydrogens is 461 g/mol. The van der Waals surface area contributed by atoms with Crippen LogP contribution in [0.5, 0.6) is 0 Å². The highest BCUT2D eigenvalue weighted by Gasteiger charge is 2.22. The molecule has 1 aromatic heterocycles. The van der Waals surface area contributed by atoms with E-state index in [-0.39, 0.29) is 32.1 Å². The van der Waals surface area contributed by atoms with Crippen LogP contribution in [-0.4, -0.2) is 20.7 Å². The molecular formula is C21H19Cl2N3O2S2. The Morgan fingerprint density at radius 1 is 1.17 bits per heavy atom. The van der Waals surface area contributed by atoms with E-state index in [0.717, 1.165) is 27.5 Å². The fourth-order valence-corrected chi connectivity index (χ4v) is 5.07. The first-order valence-corrected chi connectivity index (χ1v) is 11.8. The summed E-state index contributed by atoms with van der Waals surface area (Å²) < 4.78 is 12.3.